The molecule has 2 aromatic carbocycles. The molecule has 30 heavy (non-hydrogen) atoms. The summed E-state index contributed by atoms with van der Waals surface area (Å²) in [4.78, 5) is 19.0. The summed E-state index contributed by atoms with van der Waals surface area (Å²) in [5, 5.41) is 2.55. The van der Waals surface area contributed by atoms with Crippen LogP contribution in [-0.2, 0) is 33.2 Å². The van der Waals surface area contributed by atoms with Crippen molar-refractivity contribution in [3.63, 3.8) is 0 Å². The summed E-state index contributed by atoms with van der Waals surface area (Å²) in [6, 6.07) is 15.7. The Morgan fingerprint density at radius 2 is 1.90 bits per heavy atom. The first-order chi connectivity index (χ1) is 14.4. The smallest absolute Gasteiger partial charge is 0.242 e. The highest BCUT2D eigenvalue weighted by molar-refractivity contribution is 7.91. The average molecular weight is 441 g/mol. The number of para-hydroxylation sites is 1. The third kappa shape index (κ3) is 4.32. The maximum atomic E-state index is 12.8. The Kier molecular flexibility index (Phi) is 5.75. The van der Waals surface area contributed by atoms with Crippen LogP contribution in [0.15, 0.2) is 53.9 Å². The monoisotopic (exact) mass is 440 g/mol. The van der Waals surface area contributed by atoms with Crippen molar-refractivity contribution >= 4 is 32.8 Å². The first kappa shape index (κ1) is 20.8. The van der Waals surface area contributed by atoms with E-state index in [0.717, 1.165) is 34.7 Å². The zero-order chi connectivity index (χ0) is 21.3. The molecule has 0 spiro atoms. The molecule has 0 radical (unpaired) electrons. The van der Waals surface area contributed by atoms with E-state index in [-0.39, 0.29) is 17.7 Å². The Balaban J connectivity index is 1.46. The van der Waals surface area contributed by atoms with Crippen LogP contribution in [0, 0.1) is 0 Å². The number of hydrogen-bond acceptors (Lipinski definition) is 5. The second-order valence-corrected chi connectivity index (χ2v) is 10.6. The molecule has 0 saturated carbocycles. The zero-order valence-corrected chi connectivity index (χ0v) is 18.7. The summed E-state index contributed by atoms with van der Waals surface area (Å²) in [6.07, 6.45) is 1.71. The van der Waals surface area contributed by atoms with Gasteiger partial charge in [-0.15, -0.1) is 11.3 Å². The van der Waals surface area contributed by atoms with E-state index in [1.54, 1.807) is 10.3 Å². The number of anilines is 1. The van der Waals surface area contributed by atoms with E-state index in [1.165, 1.54) is 16.9 Å². The van der Waals surface area contributed by atoms with Gasteiger partial charge < -0.3 is 4.90 Å². The zero-order valence-electron chi connectivity index (χ0n) is 17.0. The quantitative estimate of drug-likeness (QED) is 0.574. The summed E-state index contributed by atoms with van der Waals surface area (Å²) in [5.41, 5.74) is 4.59. The molecule has 1 aliphatic heterocycles. The molecule has 0 bridgehead atoms. The lowest BCUT2D eigenvalue weighted by Gasteiger charge is -2.22. The number of benzene rings is 2. The van der Waals surface area contributed by atoms with Crippen molar-refractivity contribution in [1.82, 2.24) is 4.98 Å². The van der Waals surface area contributed by atoms with E-state index in [2.05, 4.69) is 24.0 Å². The molecule has 0 aliphatic carbocycles. The van der Waals surface area contributed by atoms with Crippen molar-refractivity contribution in [3.8, 4) is 10.6 Å². The molecule has 7 heteroatoms. The van der Waals surface area contributed by atoms with Crippen LogP contribution in [0.4, 0.5) is 5.69 Å². The third-order valence-corrected chi connectivity index (χ3v) is 7.71. The third-order valence-electron chi connectivity index (χ3n) is 5.35. The van der Waals surface area contributed by atoms with Gasteiger partial charge in [0.25, 0.3) is 0 Å². The standard InChI is InChI=1S/C23H24N2O3S2/c1-3-17-8-10-18(11-9-17)23-24-20(13-29-23)14-30(27,28)15-22(26)25-16(2)12-19-6-4-5-7-21(19)25/h4-11,13,16H,3,12,14-15H2,1-2H3. The fourth-order valence-corrected chi connectivity index (χ4v) is 6.02. The normalized spacial score (nSPS) is 15.9. The number of nitrogens with zero attached hydrogens (tertiary/aromatic N) is 2. The number of carbonyl (C=O) groups is 1. The van der Waals surface area contributed by atoms with Crippen LogP contribution in [0.1, 0.15) is 30.7 Å². The van der Waals surface area contributed by atoms with Crippen LogP contribution in [0.3, 0.4) is 0 Å². The molecule has 1 aromatic heterocycles. The van der Waals surface area contributed by atoms with Gasteiger partial charge in [0.05, 0.1) is 11.4 Å². The van der Waals surface area contributed by atoms with E-state index >= 15 is 0 Å². The number of carbonyl (C=O) groups excluding carboxylic acids is 1. The van der Waals surface area contributed by atoms with Gasteiger partial charge in [0, 0.05) is 22.7 Å². The number of amides is 1. The lowest BCUT2D eigenvalue weighted by molar-refractivity contribution is -0.116. The van der Waals surface area contributed by atoms with Crippen molar-refractivity contribution in [2.75, 3.05) is 10.7 Å². The maximum Gasteiger partial charge on any atom is 0.242 e. The van der Waals surface area contributed by atoms with Gasteiger partial charge in [-0.2, -0.15) is 0 Å². The molecule has 0 N–H and O–H groups in total. The van der Waals surface area contributed by atoms with Crippen LogP contribution >= 0.6 is 11.3 Å². The summed E-state index contributed by atoms with van der Waals surface area (Å²) < 4.78 is 25.5. The first-order valence-corrected chi connectivity index (χ1v) is 12.7. The molecule has 0 fully saturated rings. The van der Waals surface area contributed by atoms with Crippen molar-refractivity contribution in [1.29, 1.82) is 0 Å². The molecule has 1 unspecified atom stereocenters. The number of hydrogen-bond donors (Lipinski definition) is 0. The highest BCUT2D eigenvalue weighted by atomic mass is 32.2. The minimum atomic E-state index is -3.62. The highest BCUT2D eigenvalue weighted by Gasteiger charge is 2.33. The summed E-state index contributed by atoms with van der Waals surface area (Å²) in [6.45, 7) is 4.05. The van der Waals surface area contributed by atoms with Crippen LogP contribution in [-0.4, -0.2) is 31.1 Å². The van der Waals surface area contributed by atoms with Gasteiger partial charge in [0.1, 0.15) is 10.8 Å². The van der Waals surface area contributed by atoms with Crippen LogP contribution < -0.4 is 4.90 Å². The van der Waals surface area contributed by atoms with Gasteiger partial charge in [-0.05, 0) is 37.0 Å². The van der Waals surface area contributed by atoms with Crippen LogP contribution in [0.25, 0.3) is 10.6 Å². The van der Waals surface area contributed by atoms with Crippen molar-refractivity contribution in [2.24, 2.45) is 0 Å². The average Bonchev–Trinajstić information content (AvgIpc) is 3.30. The molecular weight excluding hydrogens is 416 g/mol. The fraction of sp³-hybridized carbons (Fsp3) is 0.304. The lowest BCUT2D eigenvalue weighted by atomic mass is 10.1. The van der Waals surface area contributed by atoms with Gasteiger partial charge in [0.15, 0.2) is 9.84 Å². The number of aromatic nitrogens is 1. The molecular formula is C23H24N2O3S2. The Bertz CT molecular complexity index is 1170. The van der Waals surface area contributed by atoms with Crippen LogP contribution in [0.5, 0.6) is 0 Å². The highest BCUT2D eigenvalue weighted by Crippen LogP contribution is 2.32. The second kappa shape index (κ2) is 8.32. The van der Waals surface area contributed by atoms with Gasteiger partial charge in [0.2, 0.25) is 5.91 Å². The molecule has 5 nitrogen and oxygen atoms in total. The molecule has 2 heterocycles. The Hall–Kier alpha value is -2.51. The Labute approximate surface area is 181 Å². The van der Waals surface area contributed by atoms with Gasteiger partial charge >= 0.3 is 0 Å². The maximum absolute atomic E-state index is 12.8. The molecule has 4 rings (SSSR count). The van der Waals surface area contributed by atoms with E-state index < -0.39 is 15.6 Å². The minimum absolute atomic E-state index is 0.0398. The minimum Gasteiger partial charge on any atom is -0.308 e. The largest absolute Gasteiger partial charge is 0.308 e. The number of thiazole rings is 1. The van der Waals surface area contributed by atoms with Gasteiger partial charge in [-0.3, -0.25) is 4.79 Å². The summed E-state index contributed by atoms with van der Waals surface area (Å²) in [7, 11) is -3.62. The molecule has 1 atom stereocenters. The molecule has 0 saturated heterocycles. The number of fused-ring (bicyclic) bond motifs is 1. The van der Waals surface area contributed by atoms with E-state index in [0.29, 0.717) is 5.69 Å². The van der Waals surface area contributed by atoms with E-state index in [1.807, 2.05) is 43.3 Å². The SMILES string of the molecule is CCc1ccc(-c2nc(CS(=O)(=O)CC(=O)N3c4ccccc4CC3C)cs2)cc1. The lowest BCUT2D eigenvalue weighted by Crippen LogP contribution is -2.39. The van der Waals surface area contributed by atoms with Crippen molar-refractivity contribution < 1.29 is 13.2 Å². The fourth-order valence-electron chi connectivity index (χ4n) is 3.87. The Morgan fingerprint density at radius 1 is 1.17 bits per heavy atom. The number of aryl methyl sites for hydroxylation is 1. The number of rotatable bonds is 6. The summed E-state index contributed by atoms with van der Waals surface area (Å²) >= 11 is 1.42. The predicted molar refractivity (Wildman–Crippen MR) is 122 cm³/mol. The molecule has 1 amide bonds. The second-order valence-electron chi connectivity index (χ2n) is 7.67. The molecule has 3 aromatic rings. The predicted octanol–water partition coefficient (Wildman–Crippen LogP) is 4.27. The topological polar surface area (TPSA) is 67.3 Å². The number of sulfone groups is 1. The van der Waals surface area contributed by atoms with Crippen LogP contribution in [0.2, 0.25) is 0 Å². The Morgan fingerprint density at radius 3 is 2.63 bits per heavy atom. The van der Waals surface area contributed by atoms with Crippen molar-refractivity contribution in [2.45, 2.75) is 38.5 Å². The molecule has 156 valence electrons. The van der Waals surface area contributed by atoms with Gasteiger partial charge in [-0.25, -0.2) is 13.4 Å². The van der Waals surface area contributed by atoms with Gasteiger partial charge in [-0.1, -0.05) is 49.4 Å². The van der Waals surface area contributed by atoms with Crippen molar-refractivity contribution in [3.05, 3.63) is 70.7 Å². The first-order valence-electron chi connectivity index (χ1n) is 10.0. The van der Waals surface area contributed by atoms with E-state index in [4.69, 9.17) is 0 Å². The summed E-state index contributed by atoms with van der Waals surface area (Å²) in [5.74, 6) is -1.12. The van der Waals surface area contributed by atoms with E-state index in [9.17, 15) is 13.2 Å². The molecule has 1 aliphatic rings.